The first-order chi connectivity index (χ1) is 13.1. The number of hydrogen-bond acceptors (Lipinski definition) is 4. The van der Waals surface area contributed by atoms with Gasteiger partial charge >= 0.3 is 0 Å². The number of anilines is 1. The maximum Gasteiger partial charge on any atom is 0.237 e. The Morgan fingerprint density at radius 1 is 1.11 bits per heavy atom. The minimum atomic E-state index is 0.00286. The molecule has 0 spiro atoms. The third-order valence-electron chi connectivity index (χ3n) is 4.16. The Bertz CT molecular complexity index is 936. The highest BCUT2D eigenvalue weighted by atomic mass is 32.2. The summed E-state index contributed by atoms with van der Waals surface area (Å²) in [4.78, 5) is 14.6. The maximum atomic E-state index is 12.8. The summed E-state index contributed by atoms with van der Waals surface area (Å²) in [6.45, 7) is 8.20. The van der Waals surface area contributed by atoms with Gasteiger partial charge in [0.1, 0.15) is 5.82 Å². The standard InChI is InChI=1S/C21H22N4OS/c1-4-14-24(18-11-6-5-7-12-18)20(26)15-27-21-23-22-17(3)25(21)19-13-9-8-10-16(19)2/h4-13H,1,14-15H2,2-3H3. The maximum absolute atomic E-state index is 12.8. The minimum absolute atomic E-state index is 0.00286. The summed E-state index contributed by atoms with van der Waals surface area (Å²) in [6.07, 6.45) is 1.73. The molecule has 27 heavy (non-hydrogen) atoms. The number of rotatable bonds is 7. The number of hydrogen-bond donors (Lipinski definition) is 0. The number of benzene rings is 2. The van der Waals surface area contributed by atoms with E-state index in [-0.39, 0.29) is 11.7 Å². The Labute approximate surface area is 163 Å². The molecular formula is C21H22N4OS. The van der Waals surface area contributed by atoms with Crippen molar-refractivity contribution in [3.63, 3.8) is 0 Å². The van der Waals surface area contributed by atoms with E-state index < -0.39 is 0 Å². The molecule has 0 aliphatic rings. The van der Waals surface area contributed by atoms with Gasteiger partial charge in [-0.15, -0.1) is 16.8 Å². The highest BCUT2D eigenvalue weighted by Gasteiger charge is 2.18. The normalized spacial score (nSPS) is 10.6. The molecule has 0 radical (unpaired) electrons. The smallest absolute Gasteiger partial charge is 0.237 e. The van der Waals surface area contributed by atoms with Crippen molar-refractivity contribution in [3.8, 4) is 5.69 Å². The fraction of sp³-hybridized carbons (Fsp3) is 0.190. The van der Waals surface area contributed by atoms with Crippen molar-refractivity contribution in [2.75, 3.05) is 17.2 Å². The van der Waals surface area contributed by atoms with Crippen molar-refractivity contribution in [2.45, 2.75) is 19.0 Å². The van der Waals surface area contributed by atoms with Crippen molar-refractivity contribution in [3.05, 3.63) is 78.6 Å². The summed E-state index contributed by atoms with van der Waals surface area (Å²) in [7, 11) is 0. The van der Waals surface area contributed by atoms with Crippen LogP contribution in [-0.4, -0.2) is 33.0 Å². The van der Waals surface area contributed by atoms with Crippen LogP contribution in [0.3, 0.4) is 0 Å². The van der Waals surface area contributed by atoms with Gasteiger partial charge in [0, 0.05) is 12.2 Å². The van der Waals surface area contributed by atoms with E-state index in [2.05, 4.69) is 29.8 Å². The third kappa shape index (κ3) is 4.28. The molecule has 0 N–H and O–H groups in total. The highest BCUT2D eigenvalue weighted by molar-refractivity contribution is 7.99. The molecule has 3 rings (SSSR count). The van der Waals surface area contributed by atoms with Gasteiger partial charge in [0.05, 0.1) is 11.4 Å². The molecule has 0 saturated carbocycles. The largest absolute Gasteiger partial charge is 0.308 e. The van der Waals surface area contributed by atoms with Gasteiger partial charge in [0.2, 0.25) is 5.91 Å². The molecular weight excluding hydrogens is 356 g/mol. The van der Waals surface area contributed by atoms with E-state index in [9.17, 15) is 4.79 Å². The molecule has 1 aromatic heterocycles. The molecule has 1 heterocycles. The third-order valence-corrected chi connectivity index (χ3v) is 5.07. The lowest BCUT2D eigenvalue weighted by molar-refractivity contribution is -0.116. The summed E-state index contributed by atoms with van der Waals surface area (Å²) < 4.78 is 1.99. The second kappa shape index (κ2) is 8.68. The molecule has 1 amide bonds. The average Bonchev–Trinajstić information content (AvgIpc) is 3.05. The number of thioether (sulfide) groups is 1. The molecule has 138 valence electrons. The van der Waals surface area contributed by atoms with E-state index in [4.69, 9.17) is 0 Å². The van der Waals surface area contributed by atoms with Gasteiger partial charge in [-0.05, 0) is 37.6 Å². The van der Waals surface area contributed by atoms with E-state index in [0.717, 1.165) is 22.8 Å². The van der Waals surface area contributed by atoms with Crippen LogP contribution in [-0.2, 0) is 4.79 Å². The monoisotopic (exact) mass is 378 g/mol. The predicted molar refractivity (Wildman–Crippen MR) is 111 cm³/mol. The lowest BCUT2D eigenvalue weighted by atomic mass is 10.2. The van der Waals surface area contributed by atoms with Crippen molar-refractivity contribution < 1.29 is 4.79 Å². The number of para-hydroxylation sites is 2. The Balaban J connectivity index is 1.80. The molecule has 2 aromatic carbocycles. The number of amides is 1. The Morgan fingerprint density at radius 3 is 2.52 bits per heavy atom. The molecule has 0 fully saturated rings. The second-order valence-electron chi connectivity index (χ2n) is 6.07. The topological polar surface area (TPSA) is 51.0 Å². The van der Waals surface area contributed by atoms with Crippen LogP contribution >= 0.6 is 11.8 Å². The van der Waals surface area contributed by atoms with E-state index >= 15 is 0 Å². The predicted octanol–water partition coefficient (Wildman–Crippen LogP) is 4.20. The Kier molecular flexibility index (Phi) is 6.08. The molecule has 0 atom stereocenters. The van der Waals surface area contributed by atoms with Gasteiger partial charge in [0.15, 0.2) is 5.16 Å². The van der Waals surface area contributed by atoms with Crippen LogP contribution in [0, 0.1) is 13.8 Å². The lowest BCUT2D eigenvalue weighted by Gasteiger charge is -2.21. The van der Waals surface area contributed by atoms with E-state index in [1.807, 2.05) is 60.0 Å². The van der Waals surface area contributed by atoms with Gasteiger partial charge in [-0.2, -0.15) is 0 Å². The summed E-state index contributed by atoms with van der Waals surface area (Å²) in [5.41, 5.74) is 3.02. The Hall–Kier alpha value is -2.86. The SMILES string of the molecule is C=CCN(C(=O)CSc1nnc(C)n1-c1ccccc1C)c1ccccc1. The van der Waals surface area contributed by atoms with Crippen molar-refractivity contribution in [2.24, 2.45) is 0 Å². The zero-order valence-corrected chi connectivity index (χ0v) is 16.3. The second-order valence-corrected chi connectivity index (χ2v) is 7.01. The van der Waals surface area contributed by atoms with Gasteiger partial charge in [0.25, 0.3) is 0 Å². The number of aromatic nitrogens is 3. The molecule has 6 heteroatoms. The molecule has 0 bridgehead atoms. The van der Waals surface area contributed by atoms with Crippen molar-refractivity contribution in [1.82, 2.24) is 14.8 Å². The zero-order chi connectivity index (χ0) is 19.2. The summed E-state index contributed by atoms with van der Waals surface area (Å²) >= 11 is 1.39. The first-order valence-electron chi connectivity index (χ1n) is 8.69. The lowest BCUT2D eigenvalue weighted by Crippen LogP contribution is -2.32. The van der Waals surface area contributed by atoms with E-state index in [0.29, 0.717) is 11.7 Å². The molecule has 0 unspecified atom stereocenters. The highest BCUT2D eigenvalue weighted by Crippen LogP contribution is 2.25. The van der Waals surface area contributed by atoms with Crippen LogP contribution in [0.2, 0.25) is 0 Å². The van der Waals surface area contributed by atoms with Gasteiger partial charge in [-0.25, -0.2) is 0 Å². The number of aryl methyl sites for hydroxylation is 2. The minimum Gasteiger partial charge on any atom is -0.308 e. The van der Waals surface area contributed by atoms with E-state index in [1.54, 1.807) is 11.0 Å². The summed E-state index contributed by atoms with van der Waals surface area (Å²) in [6, 6.07) is 17.7. The number of nitrogens with zero attached hydrogens (tertiary/aromatic N) is 4. The van der Waals surface area contributed by atoms with Crippen molar-refractivity contribution >= 4 is 23.4 Å². The van der Waals surface area contributed by atoms with Gasteiger partial charge in [-0.1, -0.05) is 54.2 Å². The van der Waals surface area contributed by atoms with Gasteiger partial charge < -0.3 is 4.90 Å². The van der Waals surface area contributed by atoms with Crippen LogP contribution in [0.25, 0.3) is 5.69 Å². The van der Waals surface area contributed by atoms with Gasteiger partial charge in [-0.3, -0.25) is 9.36 Å². The average molecular weight is 379 g/mol. The molecule has 0 saturated heterocycles. The van der Waals surface area contributed by atoms with Crippen LogP contribution in [0.15, 0.2) is 72.4 Å². The van der Waals surface area contributed by atoms with E-state index in [1.165, 1.54) is 11.8 Å². The van der Waals surface area contributed by atoms with Crippen LogP contribution in [0.1, 0.15) is 11.4 Å². The van der Waals surface area contributed by atoms with Crippen LogP contribution in [0.4, 0.5) is 5.69 Å². The van der Waals surface area contributed by atoms with Crippen LogP contribution < -0.4 is 4.90 Å². The van der Waals surface area contributed by atoms with Crippen molar-refractivity contribution in [1.29, 1.82) is 0 Å². The first kappa shape index (κ1) is 18.9. The molecule has 3 aromatic rings. The Morgan fingerprint density at radius 2 is 1.81 bits per heavy atom. The summed E-state index contributed by atoms with van der Waals surface area (Å²) in [5.74, 6) is 1.07. The number of carbonyl (C=O) groups excluding carboxylic acids is 1. The summed E-state index contributed by atoms with van der Waals surface area (Å²) in [5, 5.41) is 9.18. The number of carbonyl (C=O) groups is 1. The molecule has 0 aliphatic carbocycles. The fourth-order valence-corrected chi connectivity index (χ4v) is 3.69. The zero-order valence-electron chi connectivity index (χ0n) is 15.5. The fourth-order valence-electron chi connectivity index (χ4n) is 2.82. The first-order valence-corrected chi connectivity index (χ1v) is 9.67. The molecule has 5 nitrogen and oxygen atoms in total. The molecule has 0 aliphatic heterocycles. The van der Waals surface area contributed by atoms with Crippen LogP contribution in [0.5, 0.6) is 0 Å². The quantitative estimate of drug-likeness (QED) is 0.457.